The van der Waals surface area contributed by atoms with Crippen LogP contribution in [0.1, 0.15) is 27.0 Å². The van der Waals surface area contributed by atoms with Crippen molar-refractivity contribution >= 4 is 5.91 Å². The van der Waals surface area contributed by atoms with Crippen LogP contribution in [0.4, 0.5) is 0 Å². The molecule has 1 saturated heterocycles. The molecule has 4 rings (SSSR count). The number of carbonyl (C=O) groups excluding carboxylic acids is 1. The summed E-state index contributed by atoms with van der Waals surface area (Å²) in [7, 11) is 0. The van der Waals surface area contributed by atoms with Crippen molar-refractivity contribution in [2.75, 3.05) is 26.3 Å². The van der Waals surface area contributed by atoms with Gasteiger partial charge in [-0.25, -0.2) is 0 Å². The van der Waals surface area contributed by atoms with Crippen molar-refractivity contribution in [1.82, 2.24) is 9.80 Å². The van der Waals surface area contributed by atoms with Crippen molar-refractivity contribution < 1.29 is 9.53 Å². The van der Waals surface area contributed by atoms with E-state index in [4.69, 9.17) is 4.74 Å². The van der Waals surface area contributed by atoms with Crippen molar-refractivity contribution in [2.45, 2.75) is 19.6 Å². The van der Waals surface area contributed by atoms with Crippen molar-refractivity contribution in [3.8, 4) is 0 Å². The van der Waals surface area contributed by atoms with Crippen molar-refractivity contribution in [1.29, 1.82) is 0 Å². The summed E-state index contributed by atoms with van der Waals surface area (Å²) in [6, 6.07) is 28.4. The average molecular weight is 401 g/mol. The van der Waals surface area contributed by atoms with Crippen LogP contribution in [0.25, 0.3) is 0 Å². The lowest BCUT2D eigenvalue weighted by Crippen LogP contribution is -2.35. The summed E-state index contributed by atoms with van der Waals surface area (Å²) in [5.74, 6) is 0.0561. The topological polar surface area (TPSA) is 32.8 Å². The minimum atomic E-state index is 0.0561. The molecule has 3 aromatic rings. The number of carbonyl (C=O) groups is 1. The standard InChI is InChI=1S/C26H28N2O2/c29-26(25-13-11-24(12-14-25)19-27-15-17-30-18-16-27)28(20-22-7-3-1-4-8-22)21-23-9-5-2-6-10-23/h1-14H,15-21H2. The highest BCUT2D eigenvalue weighted by molar-refractivity contribution is 5.94. The van der Waals surface area contributed by atoms with Gasteiger partial charge in [0, 0.05) is 38.3 Å². The molecular formula is C26H28N2O2. The van der Waals surface area contributed by atoms with Gasteiger partial charge in [0.1, 0.15) is 0 Å². The lowest BCUT2D eigenvalue weighted by Gasteiger charge is -2.26. The van der Waals surface area contributed by atoms with E-state index >= 15 is 0 Å². The van der Waals surface area contributed by atoms with E-state index in [9.17, 15) is 4.79 Å². The Balaban J connectivity index is 1.48. The van der Waals surface area contributed by atoms with E-state index < -0.39 is 0 Å². The van der Waals surface area contributed by atoms with Gasteiger partial charge in [-0.2, -0.15) is 0 Å². The molecule has 1 heterocycles. The van der Waals surface area contributed by atoms with Crippen LogP contribution in [0.5, 0.6) is 0 Å². The van der Waals surface area contributed by atoms with Crippen LogP contribution in [0.2, 0.25) is 0 Å². The predicted octanol–water partition coefficient (Wildman–Crippen LogP) is 4.36. The van der Waals surface area contributed by atoms with Crippen molar-refractivity contribution in [2.24, 2.45) is 0 Å². The van der Waals surface area contributed by atoms with Gasteiger partial charge in [0.15, 0.2) is 0 Å². The molecule has 3 aromatic carbocycles. The minimum Gasteiger partial charge on any atom is -0.379 e. The van der Waals surface area contributed by atoms with Gasteiger partial charge in [-0.3, -0.25) is 9.69 Å². The Morgan fingerprint density at radius 3 is 1.80 bits per heavy atom. The second-order valence-electron chi connectivity index (χ2n) is 7.72. The monoisotopic (exact) mass is 400 g/mol. The molecule has 0 radical (unpaired) electrons. The zero-order chi connectivity index (χ0) is 20.6. The Hall–Kier alpha value is -2.95. The third-order valence-corrected chi connectivity index (χ3v) is 5.43. The number of nitrogens with zero attached hydrogens (tertiary/aromatic N) is 2. The predicted molar refractivity (Wildman–Crippen MR) is 119 cm³/mol. The highest BCUT2D eigenvalue weighted by Crippen LogP contribution is 2.16. The normalized spacial score (nSPS) is 14.4. The van der Waals surface area contributed by atoms with E-state index in [1.54, 1.807) is 0 Å². The largest absolute Gasteiger partial charge is 0.379 e. The van der Waals surface area contributed by atoms with Crippen LogP contribution in [-0.2, 0) is 24.4 Å². The number of amides is 1. The molecule has 0 spiro atoms. The smallest absolute Gasteiger partial charge is 0.254 e. The summed E-state index contributed by atoms with van der Waals surface area (Å²) in [6.45, 7) is 5.59. The SMILES string of the molecule is O=C(c1ccc(CN2CCOCC2)cc1)N(Cc1ccccc1)Cc1ccccc1. The Morgan fingerprint density at radius 1 is 0.733 bits per heavy atom. The molecule has 0 saturated carbocycles. The van der Waals surface area contributed by atoms with Crippen LogP contribution in [-0.4, -0.2) is 42.0 Å². The molecule has 1 aliphatic heterocycles. The zero-order valence-electron chi connectivity index (χ0n) is 17.2. The summed E-state index contributed by atoms with van der Waals surface area (Å²) in [5, 5.41) is 0. The Kier molecular flexibility index (Phi) is 6.91. The van der Waals surface area contributed by atoms with Crippen LogP contribution in [0.15, 0.2) is 84.9 Å². The quantitative estimate of drug-likeness (QED) is 0.591. The van der Waals surface area contributed by atoms with E-state index in [1.165, 1.54) is 5.56 Å². The molecule has 4 nitrogen and oxygen atoms in total. The van der Waals surface area contributed by atoms with E-state index in [0.29, 0.717) is 13.1 Å². The van der Waals surface area contributed by atoms with E-state index in [0.717, 1.165) is 49.5 Å². The molecule has 154 valence electrons. The average Bonchev–Trinajstić information content (AvgIpc) is 2.81. The molecule has 0 aromatic heterocycles. The fourth-order valence-electron chi connectivity index (χ4n) is 3.76. The van der Waals surface area contributed by atoms with Gasteiger partial charge in [0.25, 0.3) is 5.91 Å². The van der Waals surface area contributed by atoms with Gasteiger partial charge in [0.2, 0.25) is 0 Å². The highest BCUT2D eigenvalue weighted by atomic mass is 16.5. The molecule has 0 aliphatic carbocycles. The molecule has 0 atom stereocenters. The summed E-state index contributed by atoms with van der Waals surface area (Å²) >= 11 is 0. The Labute approximate surface area is 178 Å². The fraction of sp³-hybridized carbons (Fsp3) is 0.269. The zero-order valence-corrected chi connectivity index (χ0v) is 17.2. The summed E-state index contributed by atoms with van der Waals surface area (Å²) in [6.07, 6.45) is 0. The number of benzene rings is 3. The molecule has 4 heteroatoms. The third-order valence-electron chi connectivity index (χ3n) is 5.43. The second kappa shape index (κ2) is 10.2. The fourth-order valence-corrected chi connectivity index (χ4v) is 3.76. The number of morpholine rings is 1. The Bertz CT molecular complexity index is 879. The first-order valence-corrected chi connectivity index (χ1v) is 10.5. The maximum absolute atomic E-state index is 13.4. The van der Waals surface area contributed by atoms with Gasteiger partial charge in [-0.05, 0) is 28.8 Å². The van der Waals surface area contributed by atoms with E-state index in [1.807, 2.05) is 53.4 Å². The first-order valence-electron chi connectivity index (χ1n) is 10.5. The molecule has 30 heavy (non-hydrogen) atoms. The summed E-state index contributed by atoms with van der Waals surface area (Å²) < 4.78 is 5.42. The maximum atomic E-state index is 13.4. The molecule has 0 bridgehead atoms. The molecule has 1 fully saturated rings. The lowest BCUT2D eigenvalue weighted by atomic mass is 10.1. The number of hydrogen-bond donors (Lipinski definition) is 0. The molecule has 0 unspecified atom stereocenters. The molecule has 1 amide bonds. The highest BCUT2D eigenvalue weighted by Gasteiger charge is 2.17. The summed E-state index contributed by atoms with van der Waals surface area (Å²) in [5.41, 5.74) is 4.22. The van der Waals surface area contributed by atoms with Crippen LogP contribution in [0, 0.1) is 0 Å². The van der Waals surface area contributed by atoms with Gasteiger partial charge < -0.3 is 9.64 Å². The molecule has 0 N–H and O–H groups in total. The summed E-state index contributed by atoms with van der Waals surface area (Å²) in [4.78, 5) is 17.7. The van der Waals surface area contributed by atoms with Crippen molar-refractivity contribution in [3.05, 3.63) is 107 Å². The first kappa shape index (κ1) is 20.3. The number of ether oxygens (including phenoxy) is 1. The first-order chi connectivity index (χ1) is 14.8. The van der Waals surface area contributed by atoms with Gasteiger partial charge in [-0.1, -0.05) is 72.8 Å². The van der Waals surface area contributed by atoms with Gasteiger partial charge in [-0.15, -0.1) is 0 Å². The lowest BCUT2D eigenvalue weighted by molar-refractivity contribution is 0.0342. The van der Waals surface area contributed by atoms with E-state index in [2.05, 4.69) is 41.3 Å². The Morgan fingerprint density at radius 2 is 1.27 bits per heavy atom. The second-order valence-corrected chi connectivity index (χ2v) is 7.72. The third kappa shape index (κ3) is 5.56. The van der Waals surface area contributed by atoms with Gasteiger partial charge in [0.05, 0.1) is 13.2 Å². The number of hydrogen-bond acceptors (Lipinski definition) is 3. The molecular weight excluding hydrogens is 372 g/mol. The van der Waals surface area contributed by atoms with Crippen LogP contribution < -0.4 is 0 Å². The number of rotatable bonds is 7. The maximum Gasteiger partial charge on any atom is 0.254 e. The van der Waals surface area contributed by atoms with E-state index in [-0.39, 0.29) is 5.91 Å². The molecule has 1 aliphatic rings. The minimum absolute atomic E-state index is 0.0561. The van der Waals surface area contributed by atoms with Gasteiger partial charge >= 0.3 is 0 Å². The van der Waals surface area contributed by atoms with Crippen molar-refractivity contribution in [3.63, 3.8) is 0 Å². The van der Waals surface area contributed by atoms with Crippen LogP contribution in [0.3, 0.4) is 0 Å². The van der Waals surface area contributed by atoms with Crippen LogP contribution >= 0.6 is 0 Å².